The van der Waals surface area contributed by atoms with Crippen molar-refractivity contribution in [3.05, 3.63) is 110 Å². The van der Waals surface area contributed by atoms with Crippen molar-refractivity contribution in [3.8, 4) is 22.3 Å². The third-order valence-corrected chi connectivity index (χ3v) is 8.97. The highest BCUT2D eigenvalue weighted by Gasteiger charge is 2.40. The van der Waals surface area contributed by atoms with E-state index in [4.69, 9.17) is 11.6 Å². The zero-order valence-electron chi connectivity index (χ0n) is 22.2. The number of benzene rings is 2. The van der Waals surface area contributed by atoms with Crippen molar-refractivity contribution in [1.82, 2.24) is 13.1 Å². The van der Waals surface area contributed by atoms with Crippen LogP contribution in [0.3, 0.4) is 0 Å². The fourth-order valence-electron chi connectivity index (χ4n) is 4.93. The molecule has 2 aromatic carbocycles. The second-order valence-electron chi connectivity index (χ2n) is 9.65. The Hall–Kier alpha value is -4.13. The SMILES string of the molecule is Cc1ccc(S(=O)(=O)n2c(Cl)cc3c(-c4c(-c5ccccc5)cn(CCO)c(=O)c4C(F)(F)F)cn(C)c(=O)c32)cc1. The van der Waals surface area contributed by atoms with Crippen LogP contribution >= 0.6 is 11.6 Å². The van der Waals surface area contributed by atoms with Gasteiger partial charge in [-0.3, -0.25) is 9.59 Å². The Morgan fingerprint density at radius 3 is 2.17 bits per heavy atom. The molecule has 0 aliphatic rings. The maximum absolute atomic E-state index is 14.7. The Balaban J connectivity index is 1.98. The zero-order valence-corrected chi connectivity index (χ0v) is 23.8. The maximum Gasteiger partial charge on any atom is 0.422 e. The van der Waals surface area contributed by atoms with E-state index in [1.54, 1.807) is 49.4 Å². The van der Waals surface area contributed by atoms with Crippen LogP contribution in [-0.2, 0) is 29.8 Å². The van der Waals surface area contributed by atoms with Gasteiger partial charge in [0.15, 0.2) is 0 Å². The highest BCUT2D eigenvalue weighted by atomic mass is 35.5. The molecular formula is C29H23ClF3N3O5S. The molecule has 0 amide bonds. The predicted octanol–water partition coefficient (Wildman–Crippen LogP) is 5.05. The third kappa shape index (κ3) is 4.85. The molecule has 0 atom stereocenters. The molecule has 5 rings (SSSR count). The summed E-state index contributed by atoms with van der Waals surface area (Å²) in [7, 11) is -3.21. The van der Waals surface area contributed by atoms with Crippen LogP contribution in [0.2, 0.25) is 5.15 Å². The van der Waals surface area contributed by atoms with Crippen molar-refractivity contribution < 1.29 is 26.7 Å². The molecule has 13 heteroatoms. The first-order valence-corrected chi connectivity index (χ1v) is 14.3. The summed E-state index contributed by atoms with van der Waals surface area (Å²) in [6.07, 6.45) is -2.84. The fourth-order valence-corrected chi connectivity index (χ4v) is 6.78. The van der Waals surface area contributed by atoms with E-state index < -0.39 is 62.3 Å². The van der Waals surface area contributed by atoms with Crippen LogP contribution in [0, 0.1) is 6.92 Å². The van der Waals surface area contributed by atoms with E-state index in [-0.39, 0.29) is 21.4 Å². The summed E-state index contributed by atoms with van der Waals surface area (Å²) in [6, 6.07) is 14.8. The number of fused-ring (bicyclic) bond motifs is 1. The summed E-state index contributed by atoms with van der Waals surface area (Å²) in [5.74, 6) is 0. The number of nitrogens with zero attached hydrogens (tertiary/aromatic N) is 3. The molecule has 3 aromatic heterocycles. The van der Waals surface area contributed by atoms with Crippen molar-refractivity contribution in [1.29, 1.82) is 0 Å². The monoisotopic (exact) mass is 617 g/mol. The number of alkyl halides is 3. The minimum absolute atomic E-state index is 0.0267. The summed E-state index contributed by atoms with van der Waals surface area (Å²) in [6.45, 7) is 0.763. The minimum atomic E-state index is -5.17. The summed E-state index contributed by atoms with van der Waals surface area (Å²) in [5, 5.41) is 8.83. The van der Waals surface area contributed by atoms with Crippen LogP contribution in [0.15, 0.2) is 87.5 Å². The summed E-state index contributed by atoms with van der Waals surface area (Å²) in [5.41, 5.74) is -3.99. The Kier molecular flexibility index (Phi) is 7.42. The molecule has 0 aliphatic carbocycles. The van der Waals surface area contributed by atoms with E-state index >= 15 is 0 Å². The van der Waals surface area contributed by atoms with E-state index in [1.807, 2.05) is 0 Å². The molecule has 0 saturated heterocycles. The topological polar surface area (TPSA) is 103 Å². The lowest BCUT2D eigenvalue weighted by Crippen LogP contribution is -2.31. The van der Waals surface area contributed by atoms with Crippen molar-refractivity contribution in [2.24, 2.45) is 7.05 Å². The first-order chi connectivity index (χ1) is 19.8. The molecule has 1 N–H and O–H groups in total. The lowest BCUT2D eigenvalue weighted by molar-refractivity contribution is -0.138. The van der Waals surface area contributed by atoms with Crippen molar-refractivity contribution in [2.75, 3.05) is 6.61 Å². The van der Waals surface area contributed by atoms with Crippen molar-refractivity contribution in [2.45, 2.75) is 24.5 Å². The molecule has 0 unspecified atom stereocenters. The number of aromatic nitrogens is 3. The minimum Gasteiger partial charge on any atom is -0.395 e. The lowest BCUT2D eigenvalue weighted by Gasteiger charge is -2.21. The molecular weight excluding hydrogens is 595 g/mol. The average molecular weight is 618 g/mol. The highest BCUT2D eigenvalue weighted by Crippen LogP contribution is 2.43. The van der Waals surface area contributed by atoms with Gasteiger partial charge in [0.2, 0.25) is 0 Å². The third-order valence-electron chi connectivity index (χ3n) is 6.87. The molecule has 5 aromatic rings. The van der Waals surface area contributed by atoms with E-state index in [2.05, 4.69) is 0 Å². The van der Waals surface area contributed by atoms with Crippen LogP contribution < -0.4 is 11.1 Å². The van der Waals surface area contributed by atoms with E-state index in [0.717, 1.165) is 27.0 Å². The summed E-state index contributed by atoms with van der Waals surface area (Å²) >= 11 is 6.42. The van der Waals surface area contributed by atoms with Gasteiger partial charge >= 0.3 is 6.18 Å². The second kappa shape index (κ2) is 10.6. The maximum atomic E-state index is 14.7. The predicted molar refractivity (Wildman–Crippen MR) is 153 cm³/mol. The first kappa shape index (κ1) is 29.4. The van der Waals surface area contributed by atoms with Gasteiger partial charge in [-0.1, -0.05) is 59.6 Å². The number of hydrogen-bond donors (Lipinski definition) is 1. The normalized spacial score (nSPS) is 12.3. The largest absolute Gasteiger partial charge is 0.422 e. The van der Waals surface area contributed by atoms with Crippen LogP contribution in [-0.4, -0.2) is 33.2 Å². The number of aryl methyl sites for hydroxylation is 2. The Bertz CT molecular complexity index is 2070. The number of rotatable bonds is 6. The summed E-state index contributed by atoms with van der Waals surface area (Å²) in [4.78, 5) is 26.5. The Labute approximate surface area is 242 Å². The molecule has 0 bridgehead atoms. The van der Waals surface area contributed by atoms with Crippen LogP contribution in [0.5, 0.6) is 0 Å². The van der Waals surface area contributed by atoms with Gasteiger partial charge in [-0.05, 0) is 30.7 Å². The smallest absolute Gasteiger partial charge is 0.395 e. The van der Waals surface area contributed by atoms with Gasteiger partial charge in [-0.15, -0.1) is 0 Å². The van der Waals surface area contributed by atoms with Gasteiger partial charge in [0.25, 0.3) is 21.1 Å². The van der Waals surface area contributed by atoms with Crippen molar-refractivity contribution >= 4 is 32.5 Å². The van der Waals surface area contributed by atoms with E-state index in [9.17, 15) is 36.3 Å². The molecule has 0 saturated carbocycles. The molecule has 8 nitrogen and oxygen atoms in total. The van der Waals surface area contributed by atoms with Crippen molar-refractivity contribution in [3.63, 3.8) is 0 Å². The van der Waals surface area contributed by atoms with Crippen LogP contribution in [0.25, 0.3) is 33.2 Å². The number of pyridine rings is 2. The highest BCUT2D eigenvalue weighted by molar-refractivity contribution is 7.90. The molecule has 3 heterocycles. The molecule has 42 heavy (non-hydrogen) atoms. The van der Waals surface area contributed by atoms with Gasteiger partial charge in [0, 0.05) is 48.1 Å². The number of aliphatic hydroxyl groups is 1. The quantitative estimate of drug-likeness (QED) is 0.287. The van der Waals surface area contributed by atoms with Gasteiger partial charge in [-0.2, -0.15) is 13.2 Å². The molecule has 0 radical (unpaired) electrons. The first-order valence-electron chi connectivity index (χ1n) is 12.5. The second-order valence-corrected chi connectivity index (χ2v) is 11.8. The molecule has 218 valence electrons. The van der Waals surface area contributed by atoms with E-state index in [0.29, 0.717) is 9.54 Å². The number of halogens is 4. The Morgan fingerprint density at radius 1 is 0.929 bits per heavy atom. The molecule has 0 spiro atoms. The zero-order chi connectivity index (χ0) is 30.6. The number of aliphatic hydroxyl groups excluding tert-OH is 1. The van der Waals surface area contributed by atoms with Crippen LogP contribution in [0.1, 0.15) is 11.1 Å². The Morgan fingerprint density at radius 2 is 1.57 bits per heavy atom. The molecule has 0 fully saturated rings. The van der Waals surface area contributed by atoms with Gasteiger partial charge in [0.05, 0.1) is 11.5 Å². The summed E-state index contributed by atoms with van der Waals surface area (Å²) < 4.78 is 74.0. The lowest BCUT2D eigenvalue weighted by atomic mass is 9.91. The van der Waals surface area contributed by atoms with Crippen LogP contribution in [0.4, 0.5) is 13.2 Å². The van der Waals surface area contributed by atoms with Gasteiger partial charge in [-0.25, -0.2) is 12.4 Å². The van der Waals surface area contributed by atoms with Gasteiger partial charge < -0.3 is 14.2 Å². The van der Waals surface area contributed by atoms with Gasteiger partial charge in [0.1, 0.15) is 16.2 Å². The standard InChI is InChI=1S/C29H23ClF3N3O5S/c1-17-8-10-19(11-9-17)42(40,41)36-23(30)14-20-22(15-34(2)28(39)26(20)36)24-21(18-6-4-3-5-7-18)16-35(12-13-37)27(38)25(24)29(31,32)33/h3-11,14-16,37H,12-13H2,1-2H3. The molecule has 0 aliphatic heterocycles. The fraction of sp³-hybridized carbons (Fsp3) is 0.172. The average Bonchev–Trinajstić information content (AvgIpc) is 3.29. The van der Waals surface area contributed by atoms with E-state index in [1.165, 1.54) is 25.4 Å². The number of hydrogen-bond acceptors (Lipinski definition) is 5.